The fourth-order valence-corrected chi connectivity index (χ4v) is 0.604. The minimum absolute atomic E-state index is 0.294. The smallest absolute Gasteiger partial charge is 0.104 e. The van der Waals surface area contributed by atoms with Crippen LogP contribution in [0.15, 0.2) is 0 Å². The number of hydrogen-bond donors (Lipinski definition) is 1. The SMILES string of the molecule is CC(C)(O)COC[C@H]1CO1. The second-order valence-electron chi connectivity index (χ2n) is 3.28. The number of aliphatic hydroxyl groups is 1. The van der Waals surface area contributed by atoms with Crippen molar-refractivity contribution in [1.82, 2.24) is 0 Å². The molecule has 1 rings (SSSR count). The zero-order chi connectivity index (χ0) is 7.61. The molecular formula is C7H14O3. The highest BCUT2D eigenvalue weighted by Crippen LogP contribution is 2.10. The van der Waals surface area contributed by atoms with E-state index in [9.17, 15) is 5.11 Å². The van der Waals surface area contributed by atoms with E-state index in [1.807, 2.05) is 0 Å². The van der Waals surface area contributed by atoms with Crippen LogP contribution in [-0.2, 0) is 9.47 Å². The molecule has 1 fully saturated rings. The summed E-state index contributed by atoms with van der Waals surface area (Å²) in [4.78, 5) is 0. The van der Waals surface area contributed by atoms with Crippen molar-refractivity contribution >= 4 is 0 Å². The summed E-state index contributed by atoms with van der Waals surface area (Å²) in [5.41, 5.74) is -0.713. The lowest BCUT2D eigenvalue weighted by atomic mass is 10.2. The van der Waals surface area contributed by atoms with E-state index >= 15 is 0 Å². The van der Waals surface area contributed by atoms with Crippen molar-refractivity contribution in [2.45, 2.75) is 25.6 Å². The summed E-state index contributed by atoms with van der Waals surface area (Å²) in [5.74, 6) is 0. The van der Waals surface area contributed by atoms with Gasteiger partial charge in [0.25, 0.3) is 0 Å². The zero-order valence-electron chi connectivity index (χ0n) is 6.46. The van der Waals surface area contributed by atoms with Gasteiger partial charge in [-0.05, 0) is 13.8 Å². The van der Waals surface area contributed by atoms with Crippen LogP contribution in [0.25, 0.3) is 0 Å². The van der Waals surface area contributed by atoms with Gasteiger partial charge in [0.2, 0.25) is 0 Å². The van der Waals surface area contributed by atoms with Gasteiger partial charge in [-0.1, -0.05) is 0 Å². The molecular weight excluding hydrogens is 132 g/mol. The van der Waals surface area contributed by atoms with Crippen molar-refractivity contribution in [2.75, 3.05) is 19.8 Å². The van der Waals surface area contributed by atoms with Crippen molar-refractivity contribution in [2.24, 2.45) is 0 Å². The van der Waals surface area contributed by atoms with Gasteiger partial charge in [-0.3, -0.25) is 0 Å². The van der Waals surface area contributed by atoms with E-state index in [4.69, 9.17) is 9.47 Å². The van der Waals surface area contributed by atoms with E-state index in [2.05, 4.69) is 0 Å². The third kappa shape index (κ3) is 3.82. The Morgan fingerprint density at radius 2 is 2.30 bits per heavy atom. The van der Waals surface area contributed by atoms with Crippen LogP contribution in [0.5, 0.6) is 0 Å². The molecule has 1 aliphatic rings. The molecule has 1 saturated heterocycles. The summed E-state index contributed by atoms with van der Waals surface area (Å²) in [5, 5.41) is 9.19. The topological polar surface area (TPSA) is 42.0 Å². The fraction of sp³-hybridized carbons (Fsp3) is 1.00. The lowest BCUT2D eigenvalue weighted by Gasteiger charge is -2.16. The minimum atomic E-state index is -0.713. The first-order chi connectivity index (χ1) is 4.58. The normalized spacial score (nSPS) is 24.9. The maximum absolute atomic E-state index is 9.19. The molecule has 0 aliphatic carbocycles. The molecule has 0 bridgehead atoms. The monoisotopic (exact) mass is 146 g/mol. The summed E-state index contributed by atoms with van der Waals surface area (Å²) in [7, 11) is 0. The molecule has 0 unspecified atom stereocenters. The molecule has 10 heavy (non-hydrogen) atoms. The highest BCUT2D eigenvalue weighted by atomic mass is 16.6. The van der Waals surface area contributed by atoms with E-state index in [1.54, 1.807) is 13.8 Å². The Balaban J connectivity index is 1.93. The molecule has 0 radical (unpaired) electrons. The first-order valence-corrected chi connectivity index (χ1v) is 3.50. The fourth-order valence-electron chi connectivity index (χ4n) is 0.604. The van der Waals surface area contributed by atoms with Crippen LogP contribution in [-0.4, -0.2) is 36.6 Å². The Morgan fingerprint density at radius 3 is 2.70 bits per heavy atom. The largest absolute Gasteiger partial charge is 0.388 e. The van der Waals surface area contributed by atoms with Crippen molar-refractivity contribution in [1.29, 1.82) is 0 Å². The van der Waals surface area contributed by atoms with Crippen LogP contribution >= 0.6 is 0 Å². The van der Waals surface area contributed by atoms with E-state index < -0.39 is 5.60 Å². The molecule has 0 spiro atoms. The number of rotatable bonds is 4. The molecule has 1 N–H and O–H groups in total. The second-order valence-corrected chi connectivity index (χ2v) is 3.28. The predicted octanol–water partition coefficient (Wildman–Crippen LogP) is 0.173. The van der Waals surface area contributed by atoms with Gasteiger partial charge < -0.3 is 14.6 Å². The standard InChI is InChI=1S/C7H14O3/c1-7(2,8)5-9-3-6-4-10-6/h6,8H,3-5H2,1-2H3/t6-/m0/s1. The van der Waals surface area contributed by atoms with Crippen LogP contribution in [0.2, 0.25) is 0 Å². The average Bonchev–Trinajstić information content (AvgIpc) is 2.45. The second kappa shape index (κ2) is 2.86. The number of ether oxygens (including phenoxy) is 2. The van der Waals surface area contributed by atoms with Gasteiger partial charge in [0, 0.05) is 0 Å². The van der Waals surface area contributed by atoms with Crippen molar-refractivity contribution in [3.63, 3.8) is 0 Å². The first-order valence-electron chi connectivity index (χ1n) is 3.50. The summed E-state index contributed by atoms with van der Waals surface area (Å²) < 4.78 is 10.1. The molecule has 1 aliphatic heterocycles. The quantitative estimate of drug-likeness (QED) is 0.575. The molecule has 0 saturated carbocycles. The van der Waals surface area contributed by atoms with Gasteiger partial charge in [0.05, 0.1) is 25.4 Å². The van der Waals surface area contributed by atoms with Crippen LogP contribution in [0, 0.1) is 0 Å². The summed E-state index contributed by atoms with van der Waals surface area (Å²) >= 11 is 0. The van der Waals surface area contributed by atoms with Crippen LogP contribution in [0.4, 0.5) is 0 Å². The molecule has 0 aromatic rings. The summed E-state index contributed by atoms with van der Waals surface area (Å²) in [6.45, 7) is 5.25. The van der Waals surface area contributed by atoms with Gasteiger partial charge in [-0.2, -0.15) is 0 Å². The Kier molecular flexibility index (Phi) is 2.28. The van der Waals surface area contributed by atoms with Crippen LogP contribution in [0.1, 0.15) is 13.8 Å². The molecule has 1 atom stereocenters. The van der Waals surface area contributed by atoms with Gasteiger partial charge in [0.1, 0.15) is 6.10 Å². The molecule has 0 aromatic carbocycles. The molecule has 0 aromatic heterocycles. The van der Waals surface area contributed by atoms with E-state index in [1.165, 1.54) is 0 Å². The third-order valence-corrected chi connectivity index (χ3v) is 1.16. The Bertz CT molecular complexity index is 102. The maximum Gasteiger partial charge on any atom is 0.104 e. The Labute approximate surface area is 60.9 Å². The van der Waals surface area contributed by atoms with E-state index in [0.717, 1.165) is 6.61 Å². The first kappa shape index (κ1) is 7.98. The van der Waals surface area contributed by atoms with Gasteiger partial charge >= 0.3 is 0 Å². The zero-order valence-corrected chi connectivity index (χ0v) is 6.46. The third-order valence-electron chi connectivity index (χ3n) is 1.16. The molecule has 60 valence electrons. The Morgan fingerprint density at radius 1 is 1.70 bits per heavy atom. The molecule has 0 amide bonds. The highest BCUT2D eigenvalue weighted by molar-refractivity contribution is 4.69. The average molecular weight is 146 g/mol. The van der Waals surface area contributed by atoms with Crippen LogP contribution in [0.3, 0.4) is 0 Å². The van der Waals surface area contributed by atoms with Crippen molar-refractivity contribution < 1.29 is 14.6 Å². The minimum Gasteiger partial charge on any atom is -0.388 e. The van der Waals surface area contributed by atoms with E-state index in [0.29, 0.717) is 19.3 Å². The lowest BCUT2D eigenvalue weighted by Crippen LogP contribution is -2.26. The van der Waals surface area contributed by atoms with Crippen LogP contribution < -0.4 is 0 Å². The van der Waals surface area contributed by atoms with Gasteiger partial charge in [-0.15, -0.1) is 0 Å². The Hall–Kier alpha value is -0.120. The lowest BCUT2D eigenvalue weighted by molar-refractivity contribution is -0.0242. The summed E-state index contributed by atoms with van der Waals surface area (Å²) in [6.07, 6.45) is 0.294. The number of hydrogen-bond acceptors (Lipinski definition) is 3. The van der Waals surface area contributed by atoms with Gasteiger partial charge in [-0.25, -0.2) is 0 Å². The van der Waals surface area contributed by atoms with Crippen molar-refractivity contribution in [3.8, 4) is 0 Å². The maximum atomic E-state index is 9.19. The van der Waals surface area contributed by atoms with E-state index in [-0.39, 0.29) is 0 Å². The van der Waals surface area contributed by atoms with Crippen molar-refractivity contribution in [3.05, 3.63) is 0 Å². The molecule has 3 heteroatoms. The molecule has 1 heterocycles. The highest BCUT2D eigenvalue weighted by Gasteiger charge is 2.23. The predicted molar refractivity (Wildman–Crippen MR) is 36.9 cm³/mol. The number of epoxide rings is 1. The summed E-state index contributed by atoms with van der Waals surface area (Å²) in [6, 6.07) is 0. The van der Waals surface area contributed by atoms with Gasteiger partial charge in [0.15, 0.2) is 0 Å². The molecule has 3 nitrogen and oxygen atoms in total.